The fourth-order valence-electron chi connectivity index (χ4n) is 2.23. The maximum Gasteiger partial charge on any atom is 0.187 e. The van der Waals surface area contributed by atoms with Gasteiger partial charge in [-0.25, -0.2) is 0 Å². The van der Waals surface area contributed by atoms with Crippen molar-refractivity contribution in [1.29, 1.82) is 5.41 Å². The highest BCUT2D eigenvalue weighted by atomic mass is 32.1. The number of hydrogen-bond donors (Lipinski definition) is 2. The number of ether oxygens (including phenoxy) is 1. The highest BCUT2D eigenvalue weighted by molar-refractivity contribution is 7.07. The van der Waals surface area contributed by atoms with E-state index < -0.39 is 0 Å². The van der Waals surface area contributed by atoms with E-state index in [0.29, 0.717) is 16.2 Å². The molecule has 0 aliphatic rings. The first-order valence-electron chi connectivity index (χ1n) is 6.45. The van der Waals surface area contributed by atoms with Gasteiger partial charge >= 0.3 is 0 Å². The van der Waals surface area contributed by atoms with Crippen LogP contribution in [-0.4, -0.2) is 11.7 Å². The molecule has 0 saturated heterocycles. The largest absolute Gasteiger partial charge is 0.497 e. The van der Waals surface area contributed by atoms with Gasteiger partial charge in [0.1, 0.15) is 5.75 Å². The van der Waals surface area contributed by atoms with Gasteiger partial charge < -0.3 is 10.5 Å². The van der Waals surface area contributed by atoms with Crippen LogP contribution in [0.4, 0.5) is 5.69 Å². The van der Waals surface area contributed by atoms with Crippen molar-refractivity contribution >= 4 is 17.0 Å². The van der Waals surface area contributed by atoms with E-state index in [1.54, 1.807) is 13.2 Å². The molecule has 106 valence electrons. The van der Waals surface area contributed by atoms with Gasteiger partial charge in [-0.05, 0) is 17.7 Å². The van der Waals surface area contributed by atoms with Crippen molar-refractivity contribution in [2.45, 2.75) is 0 Å². The fourth-order valence-corrected chi connectivity index (χ4v) is 3.00. The maximum atomic E-state index is 8.17. The Kier molecular flexibility index (Phi) is 3.50. The van der Waals surface area contributed by atoms with Crippen LogP contribution in [0, 0.1) is 5.41 Å². The fraction of sp³-hybridized carbons (Fsp3) is 0.0625. The summed E-state index contributed by atoms with van der Waals surface area (Å²) in [6.07, 6.45) is 0. The second-order valence-electron chi connectivity index (χ2n) is 4.55. The zero-order valence-corrected chi connectivity index (χ0v) is 12.4. The van der Waals surface area contributed by atoms with Gasteiger partial charge in [-0.15, -0.1) is 11.3 Å². The number of aromatic nitrogens is 1. The Bertz CT molecular complexity index is 821. The average molecular weight is 297 g/mol. The van der Waals surface area contributed by atoms with Crippen LogP contribution < -0.4 is 15.3 Å². The van der Waals surface area contributed by atoms with E-state index in [1.165, 1.54) is 11.3 Å². The molecule has 0 atom stereocenters. The Hall–Kier alpha value is -2.53. The van der Waals surface area contributed by atoms with Crippen LogP contribution in [0.2, 0.25) is 0 Å². The SMILES string of the molecule is COc1ccc(-n2c(-c3ccccc3)csc2=N)c(N)c1. The summed E-state index contributed by atoms with van der Waals surface area (Å²) in [6, 6.07) is 15.5. The monoisotopic (exact) mass is 297 g/mol. The predicted octanol–water partition coefficient (Wildman–Crippen LogP) is 3.28. The normalized spacial score (nSPS) is 10.5. The van der Waals surface area contributed by atoms with Crippen molar-refractivity contribution < 1.29 is 4.74 Å². The summed E-state index contributed by atoms with van der Waals surface area (Å²) in [5.41, 5.74) is 9.52. The first-order chi connectivity index (χ1) is 10.2. The third-order valence-electron chi connectivity index (χ3n) is 3.27. The second kappa shape index (κ2) is 5.46. The minimum atomic E-state index is 0.436. The molecular weight excluding hydrogens is 282 g/mol. The summed E-state index contributed by atoms with van der Waals surface area (Å²) in [7, 11) is 1.61. The first-order valence-corrected chi connectivity index (χ1v) is 7.33. The van der Waals surface area contributed by atoms with Crippen LogP contribution in [0.25, 0.3) is 16.9 Å². The summed E-state index contributed by atoms with van der Waals surface area (Å²) in [6.45, 7) is 0. The number of nitrogen functional groups attached to an aromatic ring is 1. The van der Waals surface area contributed by atoms with Gasteiger partial charge in [0.15, 0.2) is 4.80 Å². The molecule has 4 nitrogen and oxygen atoms in total. The van der Waals surface area contributed by atoms with E-state index in [9.17, 15) is 0 Å². The van der Waals surface area contributed by atoms with Crippen LogP contribution in [0.5, 0.6) is 5.75 Å². The summed E-state index contributed by atoms with van der Waals surface area (Å²) < 4.78 is 7.03. The van der Waals surface area contributed by atoms with Crippen molar-refractivity contribution in [1.82, 2.24) is 4.57 Å². The number of thiazole rings is 1. The Labute approximate surface area is 126 Å². The summed E-state index contributed by atoms with van der Waals surface area (Å²) in [4.78, 5) is 0.436. The van der Waals surface area contributed by atoms with Gasteiger partial charge in [-0.2, -0.15) is 0 Å². The number of hydrogen-bond acceptors (Lipinski definition) is 4. The van der Waals surface area contributed by atoms with Crippen molar-refractivity contribution in [3.8, 4) is 22.7 Å². The summed E-state index contributed by atoms with van der Waals surface area (Å²) >= 11 is 1.38. The second-order valence-corrected chi connectivity index (χ2v) is 5.41. The minimum Gasteiger partial charge on any atom is -0.497 e. The van der Waals surface area contributed by atoms with Crippen molar-refractivity contribution in [3.63, 3.8) is 0 Å². The molecule has 1 aromatic heterocycles. The lowest BCUT2D eigenvalue weighted by Crippen LogP contribution is -2.14. The van der Waals surface area contributed by atoms with E-state index >= 15 is 0 Å². The number of benzene rings is 2. The molecule has 5 heteroatoms. The molecule has 0 fully saturated rings. The lowest BCUT2D eigenvalue weighted by atomic mass is 10.1. The van der Waals surface area contributed by atoms with Crippen LogP contribution in [0.1, 0.15) is 0 Å². The van der Waals surface area contributed by atoms with Crippen molar-refractivity contribution in [2.24, 2.45) is 0 Å². The summed E-state index contributed by atoms with van der Waals surface area (Å²) in [5.74, 6) is 0.708. The van der Waals surface area contributed by atoms with Crippen molar-refractivity contribution in [3.05, 3.63) is 58.7 Å². The molecule has 0 spiro atoms. The smallest absolute Gasteiger partial charge is 0.187 e. The lowest BCUT2D eigenvalue weighted by Gasteiger charge is -2.12. The van der Waals surface area contributed by atoms with E-state index in [0.717, 1.165) is 16.9 Å². The molecule has 0 bridgehead atoms. The average Bonchev–Trinajstić information content (AvgIpc) is 2.89. The number of nitrogens with two attached hydrogens (primary N) is 1. The van der Waals surface area contributed by atoms with Gasteiger partial charge in [-0.1, -0.05) is 30.3 Å². The molecule has 0 unspecified atom stereocenters. The summed E-state index contributed by atoms with van der Waals surface area (Å²) in [5, 5.41) is 10.1. The molecule has 0 radical (unpaired) electrons. The third-order valence-corrected chi connectivity index (χ3v) is 4.02. The first kappa shape index (κ1) is 13.5. The Morgan fingerprint density at radius 2 is 1.90 bits per heavy atom. The quantitative estimate of drug-likeness (QED) is 0.729. The van der Waals surface area contributed by atoms with Crippen LogP contribution in [0.3, 0.4) is 0 Å². The molecule has 0 aliphatic carbocycles. The molecule has 21 heavy (non-hydrogen) atoms. The van der Waals surface area contributed by atoms with Gasteiger partial charge in [-0.3, -0.25) is 9.98 Å². The van der Waals surface area contributed by atoms with Gasteiger partial charge in [0.2, 0.25) is 0 Å². The molecule has 0 saturated carbocycles. The number of nitrogens with one attached hydrogen (secondary N) is 1. The van der Waals surface area contributed by atoms with E-state index in [1.807, 2.05) is 52.4 Å². The predicted molar refractivity (Wildman–Crippen MR) is 85.9 cm³/mol. The van der Waals surface area contributed by atoms with Crippen LogP contribution >= 0.6 is 11.3 Å². The molecule has 3 N–H and O–H groups in total. The maximum absolute atomic E-state index is 8.17. The third kappa shape index (κ3) is 2.43. The molecule has 3 rings (SSSR count). The Balaban J connectivity index is 2.20. The lowest BCUT2D eigenvalue weighted by molar-refractivity contribution is 0.415. The molecule has 3 aromatic rings. The van der Waals surface area contributed by atoms with E-state index in [4.69, 9.17) is 15.9 Å². The van der Waals surface area contributed by atoms with Crippen molar-refractivity contribution in [2.75, 3.05) is 12.8 Å². The highest BCUT2D eigenvalue weighted by Crippen LogP contribution is 2.28. The molecule has 1 heterocycles. The molecule has 2 aromatic carbocycles. The molecule has 0 amide bonds. The van der Waals surface area contributed by atoms with Gasteiger partial charge in [0.05, 0.1) is 24.2 Å². The zero-order chi connectivity index (χ0) is 14.8. The van der Waals surface area contributed by atoms with Gasteiger partial charge in [0, 0.05) is 11.4 Å². The van der Waals surface area contributed by atoms with Gasteiger partial charge in [0.25, 0.3) is 0 Å². The Morgan fingerprint density at radius 1 is 1.14 bits per heavy atom. The van der Waals surface area contributed by atoms with E-state index in [-0.39, 0.29) is 0 Å². The van der Waals surface area contributed by atoms with Crippen LogP contribution in [0.15, 0.2) is 53.9 Å². The van der Waals surface area contributed by atoms with Crippen LogP contribution in [-0.2, 0) is 0 Å². The van der Waals surface area contributed by atoms with E-state index in [2.05, 4.69) is 0 Å². The highest BCUT2D eigenvalue weighted by Gasteiger charge is 2.12. The Morgan fingerprint density at radius 3 is 2.57 bits per heavy atom. The minimum absolute atomic E-state index is 0.436. The molecule has 0 aliphatic heterocycles. The number of methoxy groups -OCH3 is 1. The zero-order valence-electron chi connectivity index (χ0n) is 11.5. The topological polar surface area (TPSA) is 64.0 Å². The standard InChI is InChI=1S/C16H15N3OS/c1-20-12-7-8-14(13(17)9-12)19-15(10-21-16(19)18)11-5-3-2-4-6-11/h2-10,18H,17H2,1H3. The molecular formula is C16H15N3OS. The number of rotatable bonds is 3. The number of nitrogens with zero attached hydrogens (tertiary/aromatic N) is 1. The number of anilines is 1.